The highest BCUT2D eigenvalue weighted by Gasteiger charge is 2.17. The minimum absolute atomic E-state index is 0.345. The smallest absolute Gasteiger partial charge is 0.241 e. The van der Waals surface area contributed by atoms with Crippen molar-refractivity contribution in [3.63, 3.8) is 0 Å². The van der Waals surface area contributed by atoms with Gasteiger partial charge in [0.05, 0.1) is 32.4 Å². The SMILES string of the molecule is COc1cc(Nc2ncnc(-n3c(NCc4ccc(N(C)C)cc4)nc4ccccc43)n2)cc(OC)c1OC. The monoisotopic (exact) mass is 526 g/mol. The summed E-state index contributed by atoms with van der Waals surface area (Å²) in [6.07, 6.45) is 1.46. The van der Waals surface area contributed by atoms with E-state index in [2.05, 4.69) is 49.8 Å². The molecule has 0 bridgehead atoms. The van der Waals surface area contributed by atoms with Crippen LogP contribution >= 0.6 is 0 Å². The summed E-state index contributed by atoms with van der Waals surface area (Å²) in [7, 11) is 8.74. The summed E-state index contributed by atoms with van der Waals surface area (Å²) in [4.78, 5) is 20.3. The second-order valence-electron chi connectivity index (χ2n) is 8.82. The van der Waals surface area contributed by atoms with Crippen LogP contribution in [-0.4, -0.2) is 59.9 Å². The molecule has 0 aliphatic heterocycles. The Hall–Kier alpha value is -5.06. The van der Waals surface area contributed by atoms with Gasteiger partial charge in [0.15, 0.2) is 11.5 Å². The van der Waals surface area contributed by atoms with Crippen molar-refractivity contribution in [3.05, 3.63) is 72.6 Å². The standard InChI is InChI=1S/C28H30N8O3/c1-35(2)20-12-10-18(11-13-20)16-29-27-33-21-8-6-7-9-22(21)36(27)28-31-17-30-26(34-28)32-19-14-23(37-3)25(39-5)24(15-19)38-4/h6-15,17H,16H2,1-5H3,(H,29,33)(H,30,31,32,34). The number of hydrogen-bond donors (Lipinski definition) is 2. The van der Waals surface area contributed by atoms with Gasteiger partial charge in [0.25, 0.3) is 0 Å². The second kappa shape index (κ2) is 11.1. The average Bonchev–Trinajstić information content (AvgIpc) is 3.34. The fourth-order valence-electron chi connectivity index (χ4n) is 4.18. The largest absolute Gasteiger partial charge is 0.493 e. The highest BCUT2D eigenvalue weighted by Crippen LogP contribution is 2.40. The van der Waals surface area contributed by atoms with E-state index in [0.29, 0.717) is 47.3 Å². The van der Waals surface area contributed by atoms with E-state index >= 15 is 0 Å². The minimum Gasteiger partial charge on any atom is -0.493 e. The second-order valence-corrected chi connectivity index (χ2v) is 8.82. The molecule has 200 valence electrons. The molecule has 5 rings (SSSR count). The lowest BCUT2D eigenvalue weighted by atomic mass is 10.2. The molecule has 0 radical (unpaired) electrons. The molecular weight excluding hydrogens is 496 g/mol. The summed E-state index contributed by atoms with van der Waals surface area (Å²) in [5.74, 6) is 2.91. The number of nitrogens with zero attached hydrogens (tertiary/aromatic N) is 6. The zero-order valence-electron chi connectivity index (χ0n) is 22.5. The van der Waals surface area contributed by atoms with Crippen molar-refractivity contribution < 1.29 is 14.2 Å². The number of nitrogens with one attached hydrogen (secondary N) is 2. The van der Waals surface area contributed by atoms with E-state index in [1.165, 1.54) is 6.33 Å². The number of anilines is 4. The Bertz CT molecular complexity index is 1560. The van der Waals surface area contributed by atoms with Crippen molar-refractivity contribution in [2.75, 3.05) is 51.0 Å². The van der Waals surface area contributed by atoms with Crippen LogP contribution in [0.15, 0.2) is 67.0 Å². The third-order valence-corrected chi connectivity index (χ3v) is 6.14. The number of ether oxygens (including phenoxy) is 3. The van der Waals surface area contributed by atoms with Crippen molar-refractivity contribution in [2.24, 2.45) is 0 Å². The van der Waals surface area contributed by atoms with Gasteiger partial charge in [-0.25, -0.2) is 19.5 Å². The van der Waals surface area contributed by atoms with Crippen LogP contribution in [0.25, 0.3) is 17.0 Å². The van der Waals surface area contributed by atoms with E-state index in [1.54, 1.807) is 33.5 Å². The first kappa shape index (κ1) is 25.6. The molecule has 2 N–H and O–H groups in total. The molecular formula is C28H30N8O3. The number of methoxy groups -OCH3 is 3. The number of aromatic nitrogens is 5. The van der Waals surface area contributed by atoms with Crippen molar-refractivity contribution in [2.45, 2.75) is 6.54 Å². The molecule has 0 spiro atoms. The summed E-state index contributed by atoms with van der Waals surface area (Å²) in [6.45, 7) is 0.582. The van der Waals surface area contributed by atoms with Crippen LogP contribution in [0.5, 0.6) is 17.2 Å². The lowest BCUT2D eigenvalue weighted by Crippen LogP contribution is -2.11. The first-order chi connectivity index (χ1) is 19.0. The van der Waals surface area contributed by atoms with E-state index in [0.717, 1.165) is 22.3 Å². The normalized spacial score (nSPS) is 10.8. The molecule has 0 amide bonds. The maximum atomic E-state index is 5.46. The van der Waals surface area contributed by atoms with E-state index in [1.807, 2.05) is 42.9 Å². The Morgan fingerprint density at radius 3 is 2.23 bits per heavy atom. The van der Waals surface area contributed by atoms with Crippen LogP contribution in [0.2, 0.25) is 0 Å². The molecule has 39 heavy (non-hydrogen) atoms. The molecule has 11 heteroatoms. The lowest BCUT2D eigenvalue weighted by molar-refractivity contribution is 0.324. The molecule has 0 aliphatic rings. The van der Waals surface area contributed by atoms with Crippen LogP contribution in [0, 0.1) is 0 Å². The molecule has 0 saturated carbocycles. The minimum atomic E-state index is 0.345. The fourth-order valence-corrected chi connectivity index (χ4v) is 4.18. The van der Waals surface area contributed by atoms with E-state index in [9.17, 15) is 0 Å². The van der Waals surface area contributed by atoms with Crippen LogP contribution in [0.3, 0.4) is 0 Å². The summed E-state index contributed by atoms with van der Waals surface area (Å²) in [5, 5.41) is 6.66. The van der Waals surface area contributed by atoms with Gasteiger partial charge in [0.2, 0.25) is 23.6 Å². The Kier molecular flexibility index (Phi) is 7.30. The molecule has 3 aromatic carbocycles. The predicted molar refractivity (Wildman–Crippen MR) is 152 cm³/mol. The maximum absolute atomic E-state index is 5.46. The Balaban J connectivity index is 1.46. The van der Waals surface area contributed by atoms with E-state index < -0.39 is 0 Å². The molecule has 0 fully saturated rings. The van der Waals surface area contributed by atoms with Crippen LogP contribution in [0.1, 0.15) is 5.56 Å². The van der Waals surface area contributed by atoms with Gasteiger partial charge in [-0.1, -0.05) is 24.3 Å². The maximum Gasteiger partial charge on any atom is 0.241 e. The zero-order valence-corrected chi connectivity index (χ0v) is 22.5. The molecule has 0 unspecified atom stereocenters. The van der Waals surface area contributed by atoms with Gasteiger partial charge in [-0.05, 0) is 29.8 Å². The number of fused-ring (bicyclic) bond motifs is 1. The topological polar surface area (TPSA) is 111 Å². The van der Waals surface area contributed by atoms with Gasteiger partial charge < -0.3 is 29.7 Å². The predicted octanol–water partition coefficient (Wildman–Crippen LogP) is 4.66. The van der Waals surface area contributed by atoms with Crippen molar-refractivity contribution >= 4 is 34.3 Å². The van der Waals surface area contributed by atoms with Crippen LogP contribution < -0.4 is 29.7 Å². The van der Waals surface area contributed by atoms with Crippen LogP contribution in [0.4, 0.5) is 23.3 Å². The highest BCUT2D eigenvalue weighted by molar-refractivity contribution is 5.80. The van der Waals surface area contributed by atoms with Gasteiger partial charge in [0.1, 0.15) is 6.33 Å². The summed E-state index contributed by atoms with van der Waals surface area (Å²) >= 11 is 0. The van der Waals surface area contributed by atoms with E-state index in [-0.39, 0.29) is 0 Å². The molecule has 0 aliphatic carbocycles. The van der Waals surface area contributed by atoms with Gasteiger partial charge in [-0.15, -0.1) is 0 Å². The van der Waals surface area contributed by atoms with Gasteiger partial charge in [-0.2, -0.15) is 4.98 Å². The number of benzene rings is 3. The van der Waals surface area contributed by atoms with Crippen molar-refractivity contribution in [3.8, 4) is 23.2 Å². The average molecular weight is 527 g/mol. The van der Waals surface area contributed by atoms with Crippen molar-refractivity contribution in [1.82, 2.24) is 24.5 Å². The summed E-state index contributed by atoms with van der Waals surface area (Å²) in [6, 6.07) is 19.8. The molecule has 0 atom stereocenters. The van der Waals surface area contributed by atoms with Crippen LogP contribution in [-0.2, 0) is 6.54 Å². The first-order valence-electron chi connectivity index (χ1n) is 12.2. The molecule has 2 aromatic heterocycles. The van der Waals surface area contributed by atoms with Gasteiger partial charge >= 0.3 is 0 Å². The lowest BCUT2D eigenvalue weighted by Gasteiger charge is -2.15. The Morgan fingerprint density at radius 1 is 0.846 bits per heavy atom. The highest BCUT2D eigenvalue weighted by atomic mass is 16.5. The molecule has 0 saturated heterocycles. The van der Waals surface area contributed by atoms with Gasteiger partial charge in [-0.3, -0.25) is 0 Å². The quantitative estimate of drug-likeness (QED) is 0.267. The zero-order chi connectivity index (χ0) is 27.4. The number of imidazole rings is 1. The molecule has 11 nitrogen and oxygen atoms in total. The number of para-hydroxylation sites is 2. The van der Waals surface area contributed by atoms with Crippen molar-refractivity contribution in [1.29, 1.82) is 0 Å². The third-order valence-electron chi connectivity index (χ3n) is 6.14. The summed E-state index contributed by atoms with van der Waals surface area (Å²) < 4.78 is 18.2. The third kappa shape index (κ3) is 5.33. The Morgan fingerprint density at radius 2 is 1.56 bits per heavy atom. The number of hydrogen-bond acceptors (Lipinski definition) is 10. The molecule has 5 aromatic rings. The number of rotatable bonds is 10. The fraction of sp³-hybridized carbons (Fsp3) is 0.214. The summed E-state index contributed by atoms with van der Waals surface area (Å²) in [5.41, 5.74) is 4.62. The van der Waals surface area contributed by atoms with Gasteiger partial charge in [0, 0.05) is 44.1 Å². The van der Waals surface area contributed by atoms with E-state index in [4.69, 9.17) is 24.2 Å². The molecule has 2 heterocycles. The first-order valence-corrected chi connectivity index (χ1v) is 12.2. The Labute approximate surface area is 226 Å².